The van der Waals surface area contributed by atoms with Crippen molar-refractivity contribution in [3.63, 3.8) is 0 Å². The highest BCUT2D eigenvalue weighted by molar-refractivity contribution is 7.98. The van der Waals surface area contributed by atoms with Gasteiger partial charge in [0.1, 0.15) is 6.61 Å². The minimum absolute atomic E-state index is 0.0184. The molecule has 2 heterocycles. The van der Waals surface area contributed by atoms with Gasteiger partial charge in [0.25, 0.3) is 15.9 Å². The van der Waals surface area contributed by atoms with E-state index in [2.05, 4.69) is 19.7 Å². The lowest BCUT2D eigenvalue weighted by Gasteiger charge is -2.14. The van der Waals surface area contributed by atoms with Crippen molar-refractivity contribution in [1.29, 1.82) is 0 Å². The number of thioether (sulfide) groups is 1. The summed E-state index contributed by atoms with van der Waals surface area (Å²) in [5.74, 6) is 0.104. The molecular formula is C24H22N4O3S2. The fourth-order valence-electron chi connectivity index (χ4n) is 3.07. The summed E-state index contributed by atoms with van der Waals surface area (Å²) < 4.78 is 34.3. The molecule has 0 aliphatic carbocycles. The van der Waals surface area contributed by atoms with Gasteiger partial charge < -0.3 is 4.74 Å². The first-order valence-electron chi connectivity index (χ1n) is 10.1. The molecule has 0 unspecified atom stereocenters. The van der Waals surface area contributed by atoms with Gasteiger partial charge in [0.2, 0.25) is 5.82 Å². The van der Waals surface area contributed by atoms with Gasteiger partial charge in [0.15, 0.2) is 0 Å². The molecule has 33 heavy (non-hydrogen) atoms. The molecule has 0 spiro atoms. The topological polar surface area (TPSA) is 94.1 Å². The zero-order valence-electron chi connectivity index (χ0n) is 18.1. The van der Waals surface area contributed by atoms with E-state index in [1.54, 1.807) is 60.7 Å². The number of pyridine rings is 1. The van der Waals surface area contributed by atoms with Crippen LogP contribution in [0.4, 0.5) is 5.82 Å². The van der Waals surface area contributed by atoms with Crippen molar-refractivity contribution in [2.75, 3.05) is 11.0 Å². The predicted octanol–water partition coefficient (Wildman–Crippen LogP) is 4.95. The average molecular weight is 479 g/mol. The van der Waals surface area contributed by atoms with Crippen LogP contribution >= 0.6 is 11.8 Å². The van der Waals surface area contributed by atoms with Crippen molar-refractivity contribution in [3.05, 3.63) is 90.4 Å². The van der Waals surface area contributed by atoms with E-state index >= 15 is 0 Å². The number of hydrogen-bond donors (Lipinski definition) is 1. The number of benzene rings is 2. The maximum absolute atomic E-state index is 12.9. The molecule has 0 saturated heterocycles. The molecule has 0 atom stereocenters. The molecule has 0 aliphatic rings. The Kier molecular flexibility index (Phi) is 6.90. The third kappa shape index (κ3) is 5.50. The van der Waals surface area contributed by atoms with Crippen molar-refractivity contribution in [3.8, 4) is 17.1 Å². The Labute approximate surface area is 197 Å². The van der Waals surface area contributed by atoms with Gasteiger partial charge in [-0.1, -0.05) is 42.0 Å². The van der Waals surface area contributed by atoms with E-state index in [9.17, 15) is 8.42 Å². The number of aryl methyl sites for hydroxylation is 1. The lowest BCUT2D eigenvalue weighted by Crippen LogP contribution is -2.16. The Morgan fingerprint density at radius 3 is 2.52 bits per heavy atom. The standard InChI is InChI=1S/C24H22N4O3S2/c1-17-9-11-19(12-10-17)33(29,30)28-23-24(31-16-18-6-5-13-25-14-18)27-21(15-26-23)20-7-3-4-8-22(20)32-2/h3-15H,16H2,1-2H3,(H,26,28). The van der Waals surface area contributed by atoms with Crippen LogP contribution < -0.4 is 9.46 Å². The summed E-state index contributed by atoms with van der Waals surface area (Å²) in [6.45, 7) is 2.06. The van der Waals surface area contributed by atoms with Crippen LogP contribution in [0.25, 0.3) is 11.3 Å². The smallest absolute Gasteiger partial charge is 0.263 e. The molecule has 0 amide bonds. The molecule has 0 fully saturated rings. The first kappa shape index (κ1) is 22.8. The average Bonchev–Trinajstić information content (AvgIpc) is 2.84. The quantitative estimate of drug-likeness (QED) is 0.358. The van der Waals surface area contributed by atoms with Crippen LogP contribution in [0.1, 0.15) is 11.1 Å². The molecule has 2 aromatic heterocycles. The van der Waals surface area contributed by atoms with Crippen LogP contribution in [0.15, 0.2) is 89.0 Å². The molecule has 4 rings (SSSR count). The van der Waals surface area contributed by atoms with Gasteiger partial charge in [-0.3, -0.25) is 9.71 Å². The SMILES string of the molecule is CSc1ccccc1-c1cnc(NS(=O)(=O)c2ccc(C)cc2)c(OCc2cccnc2)n1. The molecule has 2 aromatic carbocycles. The third-order valence-electron chi connectivity index (χ3n) is 4.78. The lowest BCUT2D eigenvalue weighted by molar-refractivity contribution is 0.294. The van der Waals surface area contributed by atoms with Crippen LogP contribution in [-0.2, 0) is 16.6 Å². The lowest BCUT2D eigenvalue weighted by atomic mass is 10.1. The van der Waals surface area contributed by atoms with Crippen molar-refractivity contribution in [1.82, 2.24) is 15.0 Å². The Hall–Kier alpha value is -3.43. The largest absolute Gasteiger partial charge is 0.470 e. The summed E-state index contributed by atoms with van der Waals surface area (Å²) in [4.78, 5) is 14.2. The minimum Gasteiger partial charge on any atom is -0.470 e. The van der Waals surface area contributed by atoms with E-state index < -0.39 is 10.0 Å². The van der Waals surface area contributed by atoms with Crippen molar-refractivity contribution < 1.29 is 13.2 Å². The molecule has 7 nitrogen and oxygen atoms in total. The maximum atomic E-state index is 12.9. The highest BCUT2D eigenvalue weighted by atomic mass is 32.2. The zero-order chi connectivity index (χ0) is 23.3. The second-order valence-corrected chi connectivity index (χ2v) is 9.71. The summed E-state index contributed by atoms with van der Waals surface area (Å²) in [6.07, 6.45) is 6.87. The number of anilines is 1. The summed E-state index contributed by atoms with van der Waals surface area (Å²) in [5, 5.41) is 0. The normalized spacial score (nSPS) is 11.2. The van der Waals surface area contributed by atoms with Gasteiger partial charge in [0.05, 0.1) is 16.8 Å². The van der Waals surface area contributed by atoms with Crippen molar-refractivity contribution in [2.45, 2.75) is 23.3 Å². The fourth-order valence-corrected chi connectivity index (χ4v) is 4.68. The van der Waals surface area contributed by atoms with E-state index in [4.69, 9.17) is 4.74 Å². The van der Waals surface area contributed by atoms with Crippen LogP contribution in [0.2, 0.25) is 0 Å². The predicted molar refractivity (Wildman–Crippen MR) is 130 cm³/mol. The Morgan fingerprint density at radius 1 is 1.00 bits per heavy atom. The minimum atomic E-state index is -3.87. The molecule has 0 radical (unpaired) electrons. The summed E-state index contributed by atoms with van der Waals surface area (Å²) in [5.41, 5.74) is 3.25. The summed E-state index contributed by atoms with van der Waals surface area (Å²) >= 11 is 1.59. The molecule has 1 N–H and O–H groups in total. The molecule has 168 valence electrons. The summed E-state index contributed by atoms with van der Waals surface area (Å²) in [7, 11) is -3.87. The number of aromatic nitrogens is 3. The molecule has 9 heteroatoms. The molecular weight excluding hydrogens is 456 g/mol. The Balaban J connectivity index is 1.71. The highest BCUT2D eigenvalue weighted by Crippen LogP contribution is 2.32. The first-order chi connectivity index (χ1) is 16.0. The maximum Gasteiger partial charge on any atom is 0.263 e. The van der Waals surface area contributed by atoms with E-state index in [-0.39, 0.29) is 23.2 Å². The molecule has 0 saturated carbocycles. The fraction of sp³-hybridized carbons (Fsp3) is 0.125. The van der Waals surface area contributed by atoms with Crippen LogP contribution in [0.5, 0.6) is 5.88 Å². The van der Waals surface area contributed by atoms with Crippen molar-refractivity contribution in [2.24, 2.45) is 0 Å². The van der Waals surface area contributed by atoms with Gasteiger partial charge in [-0.15, -0.1) is 11.8 Å². The van der Waals surface area contributed by atoms with Gasteiger partial charge in [-0.05, 0) is 37.4 Å². The van der Waals surface area contributed by atoms with Gasteiger partial charge >= 0.3 is 0 Å². The second kappa shape index (κ2) is 10.0. The monoisotopic (exact) mass is 478 g/mol. The van der Waals surface area contributed by atoms with E-state index in [0.717, 1.165) is 21.6 Å². The highest BCUT2D eigenvalue weighted by Gasteiger charge is 2.20. The Morgan fingerprint density at radius 2 is 1.79 bits per heavy atom. The van der Waals surface area contributed by atoms with Gasteiger partial charge in [0, 0.05) is 28.4 Å². The summed E-state index contributed by atoms with van der Waals surface area (Å²) in [6, 6.07) is 18.0. The zero-order valence-corrected chi connectivity index (χ0v) is 19.7. The van der Waals surface area contributed by atoms with E-state index in [0.29, 0.717) is 5.69 Å². The van der Waals surface area contributed by atoms with E-state index in [1.165, 1.54) is 0 Å². The molecule has 0 bridgehead atoms. The first-order valence-corrected chi connectivity index (χ1v) is 12.8. The van der Waals surface area contributed by atoms with Crippen molar-refractivity contribution >= 4 is 27.6 Å². The van der Waals surface area contributed by atoms with E-state index in [1.807, 2.05) is 43.5 Å². The third-order valence-corrected chi connectivity index (χ3v) is 6.93. The van der Waals surface area contributed by atoms with Gasteiger partial charge in [-0.25, -0.2) is 18.4 Å². The number of rotatable bonds is 8. The number of hydrogen-bond acceptors (Lipinski definition) is 7. The molecule has 4 aromatic rings. The molecule has 0 aliphatic heterocycles. The Bertz CT molecular complexity index is 1350. The van der Waals surface area contributed by atoms with Gasteiger partial charge in [-0.2, -0.15) is 0 Å². The number of sulfonamides is 1. The van der Waals surface area contributed by atoms with Crippen LogP contribution in [0, 0.1) is 6.92 Å². The second-order valence-electron chi connectivity index (χ2n) is 7.18. The van der Waals surface area contributed by atoms with Crippen LogP contribution in [0.3, 0.4) is 0 Å². The number of nitrogens with one attached hydrogen (secondary N) is 1. The van der Waals surface area contributed by atoms with Crippen LogP contribution in [-0.4, -0.2) is 29.6 Å². The number of nitrogens with zero attached hydrogens (tertiary/aromatic N) is 3. The number of ether oxygens (including phenoxy) is 1.